The van der Waals surface area contributed by atoms with Crippen LogP contribution in [-0.2, 0) is 0 Å². The summed E-state index contributed by atoms with van der Waals surface area (Å²) in [6, 6.07) is 64.4. The van der Waals surface area contributed by atoms with Crippen LogP contribution in [0.25, 0.3) is 27.5 Å². The minimum absolute atomic E-state index is 0.0492. The van der Waals surface area contributed by atoms with Gasteiger partial charge in [-0.05, 0) is 87.4 Å². The third kappa shape index (κ3) is 3.51. The van der Waals surface area contributed by atoms with Gasteiger partial charge in [-0.25, -0.2) is 0 Å². The number of anilines is 6. The van der Waals surface area contributed by atoms with Gasteiger partial charge in [-0.15, -0.1) is 0 Å². The molecule has 6 heteroatoms. The first-order valence-corrected chi connectivity index (χ1v) is 18.8. The van der Waals surface area contributed by atoms with Crippen molar-refractivity contribution in [1.29, 1.82) is 0 Å². The second-order valence-corrected chi connectivity index (χ2v) is 14.8. The molecule has 0 aliphatic carbocycles. The van der Waals surface area contributed by atoms with Gasteiger partial charge < -0.3 is 19.1 Å². The van der Waals surface area contributed by atoms with Crippen molar-refractivity contribution in [3.8, 4) is 17.2 Å². The van der Waals surface area contributed by atoms with E-state index in [2.05, 4.69) is 190 Å². The minimum Gasteiger partial charge on any atom is -0.458 e. The van der Waals surface area contributed by atoms with E-state index in [0.717, 1.165) is 28.6 Å². The zero-order valence-corrected chi connectivity index (χ0v) is 29.1. The quantitative estimate of drug-likeness (QED) is 0.173. The zero-order chi connectivity index (χ0) is 35.1. The van der Waals surface area contributed by atoms with Gasteiger partial charge in [0, 0.05) is 51.0 Å². The Morgan fingerprint density at radius 1 is 0.389 bits per heavy atom. The van der Waals surface area contributed by atoms with E-state index in [4.69, 9.17) is 4.74 Å². The zero-order valence-electron chi connectivity index (χ0n) is 29.1. The lowest BCUT2D eigenvalue weighted by atomic mass is 9.29. The molecule has 0 fully saturated rings. The average molecular weight is 685 g/mol. The lowest BCUT2D eigenvalue weighted by Gasteiger charge is -2.49. The van der Waals surface area contributed by atoms with Crippen LogP contribution in [-0.4, -0.2) is 18.0 Å². The summed E-state index contributed by atoms with van der Waals surface area (Å²) in [4.78, 5) is 5.08. The van der Waals surface area contributed by atoms with Crippen molar-refractivity contribution in [3.63, 3.8) is 0 Å². The second kappa shape index (κ2) is 10.4. The van der Waals surface area contributed by atoms with E-state index in [-0.39, 0.29) is 13.4 Å². The van der Waals surface area contributed by atoms with E-state index in [1.807, 2.05) is 0 Å². The number of fused-ring (bicyclic) bond motifs is 13. The largest absolute Gasteiger partial charge is 0.458 e. The molecule has 4 nitrogen and oxygen atoms in total. The summed E-state index contributed by atoms with van der Waals surface area (Å²) < 4.78 is 9.45. The first kappa shape index (κ1) is 28.6. The number of rotatable bonds is 2. The monoisotopic (exact) mass is 685 g/mol. The molecule has 0 spiro atoms. The molecule has 248 valence electrons. The Kier molecular flexibility index (Phi) is 5.50. The molecule has 9 aromatic rings. The molecular formula is C48H29B2N3O. The first-order valence-electron chi connectivity index (χ1n) is 18.8. The van der Waals surface area contributed by atoms with E-state index in [1.165, 1.54) is 77.3 Å². The Morgan fingerprint density at radius 2 is 0.944 bits per heavy atom. The molecule has 0 saturated carbocycles. The van der Waals surface area contributed by atoms with Crippen LogP contribution in [0.4, 0.5) is 34.1 Å². The number of hydrogen-bond donors (Lipinski definition) is 0. The highest BCUT2D eigenvalue weighted by molar-refractivity contribution is 7.04. The summed E-state index contributed by atoms with van der Waals surface area (Å²) in [6.07, 6.45) is 0. The molecule has 0 atom stereocenters. The molecule has 8 aromatic carbocycles. The molecule has 4 aliphatic rings. The number of hydrogen-bond acceptors (Lipinski definition) is 3. The fourth-order valence-electron chi connectivity index (χ4n) is 10.2. The van der Waals surface area contributed by atoms with Crippen LogP contribution in [0.2, 0.25) is 0 Å². The molecule has 1 aromatic heterocycles. The van der Waals surface area contributed by atoms with Gasteiger partial charge in [-0.3, -0.25) is 0 Å². The van der Waals surface area contributed by atoms with Crippen molar-refractivity contribution < 1.29 is 4.74 Å². The first-order chi connectivity index (χ1) is 26.8. The predicted molar refractivity (Wildman–Crippen MR) is 226 cm³/mol. The molecule has 5 heterocycles. The standard InChI is InChI=1S/C48H29B2N3O/c1-2-15-30(16-3-1)51-36-22-9-4-17-31(36)45-40(51)26-14-27-41(45)52-37-23-10-5-18-32(37)49-33-19-6-11-24-38(33)53-39-25-12-7-20-34(39)50-35-21-8-13-28-43(35)54-44-29-42(52)46(49)48(53)47(44)50/h1-29H. The van der Waals surface area contributed by atoms with Crippen LogP contribution in [0.1, 0.15) is 0 Å². The van der Waals surface area contributed by atoms with Gasteiger partial charge in [0.15, 0.2) is 0 Å². The fraction of sp³-hybridized carbons (Fsp3) is 0. The van der Waals surface area contributed by atoms with Gasteiger partial charge >= 0.3 is 0 Å². The molecular weight excluding hydrogens is 656 g/mol. The van der Waals surface area contributed by atoms with Crippen LogP contribution < -0.4 is 47.3 Å². The van der Waals surface area contributed by atoms with Crippen LogP contribution in [0.15, 0.2) is 176 Å². The Bertz CT molecular complexity index is 3070. The van der Waals surface area contributed by atoms with Crippen LogP contribution >= 0.6 is 0 Å². The Morgan fingerprint density at radius 3 is 1.69 bits per heavy atom. The SMILES string of the molecule is c1ccc(-n2c3ccccc3c3c(N4c5ccccc5B5c6ccccc6N6c7ccccc7B7c8ccccc8Oc8cc4c5c6c87)cccc32)cc1. The van der Waals surface area contributed by atoms with Gasteiger partial charge in [0.2, 0.25) is 0 Å². The van der Waals surface area contributed by atoms with Crippen LogP contribution in [0.5, 0.6) is 11.5 Å². The number of para-hydroxylation sites is 6. The maximum absolute atomic E-state index is 7.04. The topological polar surface area (TPSA) is 20.6 Å². The van der Waals surface area contributed by atoms with E-state index in [9.17, 15) is 0 Å². The maximum atomic E-state index is 7.04. The Labute approximate surface area is 313 Å². The molecule has 0 N–H and O–H groups in total. The summed E-state index contributed by atoms with van der Waals surface area (Å²) in [5.74, 6) is 1.85. The number of aromatic nitrogens is 1. The van der Waals surface area contributed by atoms with Crippen LogP contribution in [0, 0.1) is 0 Å². The van der Waals surface area contributed by atoms with Crippen molar-refractivity contribution in [2.75, 3.05) is 9.80 Å². The van der Waals surface area contributed by atoms with Crippen molar-refractivity contribution in [2.24, 2.45) is 0 Å². The molecule has 0 saturated heterocycles. The molecule has 0 amide bonds. The normalized spacial score (nSPS) is 13.9. The van der Waals surface area contributed by atoms with Gasteiger partial charge in [0.1, 0.15) is 11.5 Å². The van der Waals surface area contributed by atoms with E-state index >= 15 is 0 Å². The smallest absolute Gasteiger partial charge is 0.256 e. The molecule has 4 aliphatic heterocycles. The van der Waals surface area contributed by atoms with Gasteiger partial charge in [0.05, 0.1) is 16.7 Å². The van der Waals surface area contributed by atoms with Gasteiger partial charge in [-0.1, -0.05) is 115 Å². The molecule has 13 rings (SSSR count). The number of ether oxygens (including phenoxy) is 1. The molecule has 0 unspecified atom stereocenters. The fourth-order valence-corrected chi connectivity index (χ4v) is 10.2. The molecule has 0 radical (unpaired) electrons. The van der Waals surface area contributed by atoms with Crippen molar-refractivity contribution >= 4 is 102 Å². The summed E-state index contributed by atoms with van der Waals surface area (Å²) in [5.41, 5.74) is 18.5. The third-order valence-electron chi connectivity index (χ3n) is 12.2. The van der Waals surface area contributed by atoms with E-state index in [1.54, 1.807) is 0 Å². The van der Waals surface area contributed by atoms with Crippen molar-refractivity contribution in [3.05, 3.63) is 176 Å². The molecule has 0 bridgehead atoms. The highest BCUT2D eigenvalue weighted by Crippen LogP contribution is 2.50. The highest BCUT2D eigenvalue weighted by atomic mass is 16.5. The summed E-state index contributed by atoms with van der Waals surface area (Å²) in [6.45, 7) is 0.106. The van der Waals surface area contributed by atoms with Gasteiger partial charge in [0.25, 0.3) is 13.4 Å². The lowest BCUT2D eigenvalue weighted by Crippen LogP contribution is -2.67. The lowest BCUT2D eigenvalue weighted by molar-refractivity contribution is 0.488. The van der Waals surface area contributed by atoms with E-state index < -0.39 is 0 Å². The Balaban J connectivity index is 1.18. The number of benzene rings is 8. The highest BCUT2D eigenvalue weighted by Gasteiger charge is 2.50. The number of nitrogens with zero attached hydrogens (tertiary/aromatic N) is 3. The van der Waals surface area contributed by atoms with Gasteiger partial charge in [-0.2, -0.15) is 0 Å². The summed E-state index contributed by atoms with van der Waals surface area (Å²) in [7, 11) is 0. The third-order valence-corrected chi connectivity index (χ3v) is 12.2. The average Bonchev–Trinajstić information content (AvgIpc) is 3.58. The maximum Gasteiger partial charge on any atom is 0.256 e. The minimum atomic E-state index is 0.0492. The van der Waals surface area contributed by atoms with E-state index in [0.29, 0.717) is 0 Å². The van der Waals surface area contributed by atoms with Crippen molar-refractivity contribution in [1.82, 2.24) is 4.57 Å². The Hall–Kier alpha value is -6.91. The predicted octanol–water partition coefficient (Wildman–Crippen LogP) is 7.80. The summed E-state index contributed by atoms with van der Waals surface area (Å²) >= 11 is 0. The van der Waals surface area contributed by atoms with Crippen LogP contribution in [0.3, 0.4) is 0 Å². The van der Waals surface area contributed by atoms with Crippen molar-refractivity contribution in [2.45, 2.75) is 0 Å². The molecule has 54 heavy (non-hydrogen) atoms. The second-order valence-electron chi connectivity index (χ2n) is 14.8. The summed E-state index contributed by atoms with van der Waals surface area (Å²) in [5, 5.41) is 2.46.